The van der Waals surface area contributed by atoms with E-state index in [-0.39, 0.29) is 21.9 Å². The number of carbonyl (C=O) groups is 1. The maximum absolute atomic E-state index is 13.5. The van der Waals surface area contributed by atoms with Gasteiger partial charge in [0.05, 0.1) is 29.3 Å². The second kappa shape index (κ2) is 6.45. The van der Waals surface area contributed by atoms with E-state index in [4.69, 9.17) is 21.1 Å². The van der Waals surface area contributed by atoms with Crippen LogP contribution in [0.4, 0.5) is 4.39 Å². The lowest BCUT2D eigenvalue weighted by Crippen LogP contribution is -2.05. The zero-order valence-electron chi connectivity index (χ0n) is 11.2. The number of benzene rings is 2. The Morgan fingerprint density at radius 2 is 1.81 bits per heavy atom. The Labute approximate surface area is 134 Å². The van der Waals surface area contributed by atoms with Crippen molar-refractivity contribution in [3.8, 4) is 11.5 Å². The summed E-state index contributed by atoms with van der Waals surface area (Å²) in [5.41, 5.74) is 0.457. The van der Waals surface area contributed by atoms with Crippen LogP contribution in [-0.4, -0.2) is 20.0 Å². The number of halogens is 3. The van der Waals surface area contributed by atoms with Gasteiger partial charge in [0.25, 0.3) is 0 Å². The van der Waals surface area contributed by atoms with Gasteiger partial charge >= 0.3 is 0 Å². The SMILES string of the molecule is COc1cc(C(=O)c2ccc(Cl)c(F)c2)c(OC)cc1Br. The van der Waals surface area contributed by atoms with E-state index in [2.05, 4.69) is 15.9 Å². The number of carbonyl (C=O) groups excluding carboxylic acids is 1. The topological polar surface area (TPSA) is 35.5 Å². The highest BCUT2D eigenvalue weighted by Gasteiger charge is 2.18. The lowest BCUT2D eigenvalue weighted by atomic mass is 10.0. The number of ether oxygens (including phenoxy) is 2. The standard InChI is InChI=1S/C15H11BrClFO3/c1-20-13-7-10(16)14(21-2)6-9(13)15(19)8-3-4-11(17)12(18)5-8/h3-7H,1-2H3. The Bertz CT molecular complexity index is 704. The summed E-state index contributed by atoms with van der Waals surface area (Å²) in [5.74, 6) is -0.185. The van der Waals surface area contributed by atoms with Crippen molar-refractivity contribution in [2.45, 2.75) is 0 Å². The van der Waals surface area contributed by atoms with Gasteiger partial charge in [-0.1, -0.05) is 11.6 Å². The summed E-state index contributed by atoms with van der Waals surface area (Å²) in [5, 5.41) is -0.0353. The van der Waals surface area contributed by atoms with Gasteiger partial charge in [-0.15, -0.1) is 0 Å². The average molecular weight is 374 g/mol. The van der Waals surface area contributed by atoms with E-state index in [9.17, 15) is 9.18 Å². The molecule has 0 saturated heterocycles. The molecule has 0 heterocycles. The van der Waals surface area contributed by atoms with Gasteiger partial charge in [-0.3, -0.25) is 4.79 Å². The van der Waals surface area contributed by atoms with Crippen LogP contribution in [0.3, 0.4) is 0 Å². The summed E-state index contributed by atoms with van der Waals surface area (Å²) in [6.07, 6.45) is 0. The number of ketones is 1. The van der Waals surface area contributed by atoms with Crippen LogP contribution in [0, 0.1) is 5.82 Å². The second-order valence-corrected chi connectivity index (χ2v) is 5.41. The third-order valence-electron chi connectivity index (χ3n) is 2.90. The molecule has 2 rings (SSSR count). The van der Waals surface area contributed by atoms with E-state index < -0.39 is 5.82 Å². The van der Waals surface area contributed by atoms with Crippen LogP contribution in [-0.2, 0) is 0 Å². The van der Waals surface area contributed by atoms with Gasteiger partial charge in [-0.05, 0) is 46.3 Å². The molecule has 0 saturated carbocycles. The zero-order valence-corrected chi connectivity index (χ0v) is 13.6. The van der Waals surface area contributed by atoms with Crippen LogP contribution in [0.25, 0.3) is 0 Å². The third kappa shape index (κ3) is 3.19. The number of hydrogen-bond donors (Lipinski definition) is 0. The lowest BCUT2D eigenvalue weighted by molar-refractivity contribution is 0.103. The molecule has 3 nitrogen and oxygen atoms in total. The predicted molar refractivity (Wildman–Crippen MR) is 82.1 cm³/mol. The van der Waals surface area contributed by atoms with Crippen LogP contribution in [0.2, 0.25) is 5.02 Å². The van der Waals surface area contributed by atoms with E-state index in [0.717, 1.165) is 6.07 Å². The van der Waals surface area contributed by atoms with E-state index in [1.54, 1.807) is 6.07 Å². The zero-order chi connectivity index (χ0) is 15.6. The van der Waals surface area contributed by atoms with Crippen LogP contribution in [0.5, 0.6) is 11.5 Å². The highest BCUT2D eigenvalue weighted by molar-refractivity contribution is 9.10. The third-order valence-corrected chi connectivity index (χ3v) is 3.83. The Hall–Kier alpha value is -1.59. The van der Waals surface area contributed by atoms with E-state index >= 15 is 0 Å². The fourth-order valence-corrected chi connectivity index (χ4v) is 2.43. The molecule has 6 heteroatoms. The van der Waals surface area contributed by atoms with Gasteiger partial charge in [0.15, 0.2) is 5.78 Å². The van der Waals surface area contributed by atoms with Crippen molar-refractivity contribution in [2.75, 3.05) is 14.2 Å². The van der Waals surface area contributed by atoms with Crippen molar-refractivity contribution < 1.29 is 18.7 Å². The molecular weight excluding hydrogens is 363 g/mol. The van der Waals surface area contributed by atoms with E-state index in [1.165, 1.54) is 32.4 Å². The van der Waals surface area contributed by atoms with Gasteiger partial charge in [-0.25, -0.2) is 4.39 Å². The molecule has 0 fully saturated rings. The van der Waals surface area contributed by atoms with E-state index in [1.807, 2.05) is 0 Å². The maximum Gasteiger partial charge on any atom is 0.196 e. The number of rotatable bonds is 4. The molecule has 2 aromatic rings. The minimum Gasteiger partial charge on any atom is -0.496 e. The van der Waals surface area contributed by atoms with Gasteiger partial charge in [0.2, 0.25) is 0 Å². The molecule has 0 radical (unpaired) electrons. The normalized spacial score (nSPS) is 10.3. The molecule has 0 aliphatic carbocycles. The first-order chi connectivity index (χ1) is 9.97. The summed E-state index contributed by atoms with van der Waals surface area (Å²) in [6, 6.07) is 7.06. The summed E-state index contributed by atoms with van der Waals surface area (Å²) in [4.78, 5) is 12.5. The van der Waals surface area contributed by atoms with Crippen molar-refractivity contribution in [3.05, 3.63) is 56.8 Å². The summed E-state index contributed by atoms with van der Waals surface area (Å²) < 4.78 is 24.5. The van der Waals surface area contributed by atoms with Gasteiger partial charge in [-0.2, -0.15) is 0 Å². The van der Waals surface area contributed by atoms with Crippen LogP contribution in [0.15, 0.2) is 34.8 Å². The molecule has 2 aromatic carbocycles. The first-order valence-electron chi connectivity index (χ1n) is 5.89. The molecule has 0 aliphatic heterocycles. The quantitative estimate of drug-likeness (QED) is 0.741. The largest absolute Gasteiger partial charge is 0.496 e. The maximum atomic E-state index is 13.5. The van der Waals surface area contributed by atoms with E-state index in [0.29, 0.717) is 16.0 Å². The second-order valence-electron chi connectivity index (χ2n) is 4.15. The molecule has 0 amide bonds. The Kier molecular flexibility index (Phi) is 4.85. The van der Waals surface area contributed by atoms with Crippen LogP contribution >= 0.6 is 27.5 Å². The molecule has 0 spiro atoms. The fraction of sp³-hybridized carbons (Fsp3) is 0.133. The summed E-state index contributed by atoms with van der Waals surface area (Å²) in [7, 11) is 2.94. The highest BCUT2D eigenvalue weighted by Crippen LogP contribution is 2.34. The van der Waals surface area contributed by atoms with Gasteiger partial charge in [0.1, 0.15) is 17.3 Å². The van der Waals surface area contributed by atoms with Crippen LogP contribution < -0.4 is 9.47 Å². The fourth-order valence-electron chi connectivity index (χ4n) is 1.83. The molecular formula is C15H11BrClFO3. The summed E-state index contributed by atoms with van der Waals surface area (Å²) in [6.45, 7) is 0. The lowest BCUT2D eigenvalue weighted by Gasteiger charge is -2.11. The number of methoxy groups -OCH3 is 2. The van der Waals surface area contributed by atoms with Crippen molar-refractivity contribution >= 4 is 33.3 Å². The molecule has 0 N–H and O–H groups in total. The molecule has 0 aromatic heterocycles. The molecule has 0 unspecified atom stereocenters. The van der Waals surface area contributed by atoms with Crippen molar-refractivity contribution in [1.29, 1.82) is 0 Å². The minimum atomic E-state index is -0.648. The Morgan fingerprint density at radius 3 is 2.38 bits per heavy atom. The molecule has 0 atom stereocenters. The van der Waals surface area contributed by atoms with Crippen molar-refractivity contribution in [3.63, 3.8) is 0 Å². The van der Waals surface area contributed by atoms with Crippen molar-refractivity contribution in [1.82, 2.24) is 0 Å². The molecule has 0 aliphatic rings. The van der Waals surface area contributed by atoms with Crippen molar-refractivity contribution in [2.24, 2.45) is 0 Å². The van der Waals surface area contributed by atoms with Crippen LogP contribution in [0.1, 0.15) is 15.9 Å². The Morgan fingerprint density at radius 1 is 1.14 bits per heavy atom. The predicted octanol–water partition coefficient (Wildman–Crippen LogP) is 4.49. The summed E-state index contributed by atoms with van der Waals surface area (Å²) >= 11 is 8.94. The minimum absolute atomic E-state index is 0.0353. The first kappa shape index (κ1) is 15.8. The van der Waals surface area contributed by atoms with Gasteiger partial charge in [0, 0.05) is 5.56 Å². The highest BCUT2D eigenvalue weighted by atomic mass is 79.9. The molecule has 0 bridgehead atoms. The smallest absolute Gasteiger partial charge is 0.196 e. The Balaban J connectivity index is 2.53. The molecule has 21 heavy (non-hydrogen) atoms. The monoisotopic (exact) mass is 372 g/mol. The number of hydrogen-bond acceptors (Lipinski definition) is 3. The molecule has 110 valence electrons. The first-order valence-corrected chi connectivity index (χ1v) is 7.06. The average Bonchev–Trinajstić information content (AvgIpc) is 2.49. The van der Waals surface area contributed by atoms with Gasteiger partial charge < -0.3 is 9.47 Å².